The number of piperazine rings is 1. The molecule has 1 aromatic carbocycles. The lowest BCUT2D eigenvalue weighted by atomic mass is 10.1. The number of aryl methyl sites for hydroxylation is 1. The van der Waals surface area contributed by atoms with Crippen molar-refractivity contribution in [3.63, 3.8) is 0 Å². The maximum Gasteiger partial charge on any atom is 0.420 e. The Labute approximate surface area is 247 Å². The van der Waals surface area contributed by atoms with Crippen LogP contribution in [0.5, 0.6) is 0 Å². The molecule has 2 aliphatic rings. The number of nitrogens with zero attached hydrogens (tertiary/aromatic N) is 4. The number of rotatable bonds is 7. The number of ether oxygens (including phenoxy) is 1. The number of benzene rings is 1. The monoisotopic (exact) mass is 625 g/mol. The van der Waals surface area contributed by atoms with Crippen LogP contribution in [-0.2, 0) is 27.2 Å². The van der Waals surface area contributed by atoms with E-state index in [2.05, 4.69) is 38.1 Å². The van der Waals surface area contributed by atoms with E-state index in [1.54, 1.807) is 6.92 Å². The summed E-state index contributed by atoms with van der Waals surface area (Å²) in [5.74, 6) is -0.265. The minimum atomic E-state index is -4.75. The predicted molar refractivity (Wildman–Crippen MR) is 156 cm³/mol. The summed E-state index contributed by atoms with van der Waals surface area (Å²) in [5, 5.41) is 12.4. The number of thiophene rings is 1. The van der Waals surface area contributed by atoms with Crippen molar-refractivity contribution >= 4 is 38.5 Å². The van der Waals surface area contributed by atoms with Crippen LogP contribution in [0.2, 0.25) is 0 Å². The molecule has 1 fully saturated rings. The molecule has 2 aromatic heterocycles. The molecule has 0 saturated carbocycles. The smallest absolute Gasteiger partial charge is 0.395 e. The lowest BCUT2D eigenvalue weighted by Gasteiger charge is -2.41. The Kier molecular flexibility index (Phi) is 8.82. The van der Waals surface area contributed by atoms with Gasteiger partial charge in [0, 0.05) is 49.8 Å². The van der Waals surface area contributed by atoms with Crippen LogP contribution >= 0.6 is 11.3 Å². The van der Waals surface area contributed by atoms with Crippen molar-refractivity contribution in [2.75, 3.05) is 55.4 Å². The fourth-order valence-corrected chi connectivity index (χ4v) is 8.34. The summed E-state index contributed by atoms with van der Waals surface area (Å²) in [6.45, 7) is 9.06. The highest BCUT2D eigenvalue weighted by Crippen LogP contribution is 2.44. The van der Waals surface area contributed by atoms with Gasteiger partial charge in [0.15, 0.2) is 9.84 Å². The number of halogens is 3. The lowest BCUT2D eigenvalue weighted by molar-refractivity contribution is -0.137. The molecule has 2 atom stereocenters. The molecule has 4 heterocycles. The number of sulfone groups is 1. The minimum Gasteiger partial charge on any atom is -0.395 e. The van der Waals surface area contributed by atoms with Gasteiger partial charge in [-0.2, -0.15) is 13.2 Å². The average Bonchev–Trinajstić information content (AvgIpc) is 3.37. The second-order valence-electron chi connectivity index (χ2n) is 10.5. The minimum absolute atomic E-state index is 0.0101. The van der Waals surface area contributed by atoms with Gasteiger partial charge in [-0.1, -0.05) is 6.92 Å². The van der Waals surface area contributed by atoms with E-state index in [0.29, 0.717) is 23.5 Å². The number of aliphatic hydroxyl groups is 1. The number of nitrogens with one attached hydrogen (secondary N) is 1. The standard InChI is InChI=1S/C28H34F3N5O4S2/c1-4-19-13-20(36-8-7-35(9-10-37)17(2)16-36)5-6-22(19)33-27-32-15-21(28(29,30)31)25(34-27)23-14-24-26(41-23)18(3)40-11-12-42(24,38)39/h5-6,13-15,17-18,37H,4,7-12,16H2,1-3H3,(H,32,33,34)/t17-,18-/m1/s1. The summed E-state index contributed by atoms with van der Waals surface area (Å²) < 4.78 is 73.3. The predicted octanol–water partition coefficient (Wildman–Crippen LogP) is 4.90. The van der Waals surface area contributed by atoms with Gasteiger partial charge >= 0.3 is 6.18 Å². The van der Waals surface area contributed by atoms with Crippen molar-refractivity contribution in [1.82, 2.24) is 14.9 Å². The van der Waals surface area contributed by atoms with Gasteiger partial charge < -0.3 is 20.1 Å². The quantitative estimate of drug-likeness (QED) is 0.379. The SMILES string of the molecule is CCc1cc(N2CCN(CCO)[C@H](C)C2)ccc1Nc1ncc(C(F)(F)F)c(-c2cc3c(s2)[C@@H](C)OCCS3(=O)=O)n1. The van der Waals surface area contributed by atoms with Crippen molar-refractivity contribution in [3.8, 4) is 10.6 Å². The summed E-state index contributed by atoms with van der Waals surface area (Å²) in [6, 6.07) is 7.45. The van der Waals surface area contributed by atoms with Crippen molar-refractivity contribution < 1.29 is 31.4 Å². The number of β-amino-alcohol motifs (C(OH)–C–C–N with tert-alkyl or cyclic N) is 1. The zero-order chi connectivity index (χ0) is 30.2. The van der Waals surface area contributed by atoms with Gasteiger partial charge in [-0.3, -0.25) is 4.90 Å². The van der Waals surface area contributed by atoms with Crippen LogP contribution in [0.25, 0.3) is 10.6 Å². The lowest BCUT2D eigenvalue weighted by Crippen LogP contribution is -2.52. The highest BCUT2D eigenvalue weighted by atomic mass is 32.2. The molecule has 2 aliphatic heterocycles. The van der Waals surface area contributed by atoms with Crippen molar-refractivity contribution in [2.24, 2.45) is 0 Å². The number of aromatic nitrogens is 2. The molecule has 42 heavy (non-hydrogen) atoms. The normalized spacial score (nSPS) is 21.2. The van der Waals surface area contributed by atoms with E-state index in [9.17, 15) is 26.7 Å². The third-order valence-electron chi connectivity index (χ3n) is 7.71. The second kappa shape index (κ2) is 12.1. The first-order valence-corrected chi connectivity index (χ1v) is 16.3. The van der Waals surface area contributed by atoms with Gasteiger partial charge in [-0.25, -0.2) is 18.4 Å². The van der Waals surface area contributed by atoms with Gasteiger partial charge in [0.25, 0.3) is 0 Å². The molecule has 0 spiro atoms. The summed E-state index contributed by atoms with van der Waals surface area (Å²) in [4.78, 5) is 13.2. The molecule has 0 unspecified atom stereocenters. The maximum absolute atomic E-state index is 14.0. The first-order chi connectivity index (χ1) is 19.9. The topological polar surface area (TPSA) is 108 Å². The van der Waals surface area contributed by atoms with E-state index in [1.807, 2.05) is 19.1 Å². The molecular weight excluding hydrogens is 591 g/mol. The average molecular weight is 626 g/mol. The Balaban J connectivity index is 1.46. The molecule has 14 heteroatoms. The van der Waals surface area contributed by atoms with E-state index in [-0.39, 0.29) is 46.4 Å². The highest BCUT2D eigenvalue weighted by Gasteiger charge is 2.37. The zero-order valence-corrected chi connectivity index (χ0v) is 25.2. The summed E-state index contributed by atoms with van der Waals surface area (Å²) in [5.41, 5.74) is 1.23. The van der Waals surface area contributed by atoms with Crippen LogP contribution < -0.4 is 10.2 Å². The van der Waals surface area contributed by atoms with Crippen LogP contribution in [0.4, 0.5) is 30.5 Å². The molecule has 0 bridgehead atoms. The van der Waals surface area contributed by atoms with Gasteiger partial charge in [0.1, 0.15) is 5.56 Å². The van der Waals surface area contributed by atoms with E-state index in [4.69, 9.17) is 4.74 Å². The molecule has 2 N–H and O–H groups in total. The van der Waals surface area contributed by atoms with Crippen LogP contribution in [0.3, 0.4) is 0 Å². The van der Waals surface area contributed by atoms with E-state index < -0.39 is 27.7 Å². The van der Waals surface area contributed by atoms with Gasteiger partial charge in [0.05, 0.1) is 45.4 Å². The molecule has 5 rings (SSSR count). The molecule has 3 aromatic rings. The largest absolute Gasteiger partial charge is 0.420 e. The molecule has 228 valence electrons. The van der Waals surface area contributed by atoms with Crippen LogP contribution in [0.1, 0.15) is 42.9 Å². The van der Waals surface area contributed by atoms with E-state index in [0.717, 1.165) is 48.4 Å². The molecule has 0 radical (unpaired) electrons. The Morgan fingerprint density at radius 3 is 2.69 bits per heavy atom. The van der Waals surface area contributed by atoms with Crippen LogP contribution in [0, 0.1) is 0 Å². The number of anilines is 3. The number of hydrogen-bond acceptors (Lipinski definition) is 10. The zero-order valence-electron chi connectivity index (χ0n) is 23.6. The summed E-state index contributed by atoms with van der Waals surface area (Å²) in [7, 11) is -3.71. The first-order valence-electron chi connectivity index (χ1n) is 13.8. The van der Waals surface area contributed by atoms with Crippen molar-refractivity contribution in [3.05, 3.63) is 46.5 Å². The summed E-state index contributed by atoms with van der Waals surface area (Å²) in [6.07, 6.45) is -3.92. The van der Waals surface area contributed by atoms with Gasteiger partial charge in [0.2, 0.25) is 5.95 Å². The van der Waals surface area contributed by atoms with E-state index in [1.165, 1.54) is 6.07 Å². The fraction of sp³-hybridized carbons (Fsp3) is 0.500. The maximum atomic E-state index is 14.0. The van der Waals surface area contributed by atoms with Crippen molar-refractivity contribution in [1.29, 1.82) is 0 Å². The highest BCUT2D eigenvalue weighted by molar-refractivity contribution is 7.91. The molecule has 9 nitrogen and oxygen atoms in total. The van der Waals surface area contributed by atoms with Gasteiger partial charge in [-0.05, 0) is 50.1 Å². The van der Waals surface area contributed by atoms with E-state index >= 15 is 0 Å². The van der Waals surface area contributed by atoms with Crippen molar-refractivity contribution in [2.45, 2.75) is 50.4 Å². The number of fused-ring (bicyclic) bond motifs is 1. The fourth-order valence-electron chi connectivity index (χ4n) is 5.39. The molecule has 1 saturated heterocycles. The van der Waals surface area contributed by atoms with Crippen LogP contribution in [0.15, 0.2) is 35.4 Å². The molecular formula is C28H34F3N5O4S2. The third-order valence-corrected chi connectivity index (χ3v) is 10.9. The van der Waals surface area contributed by atoms with Gasteiger partial charge in [-0.15, -0.1) is 11.3 Å². The Morgan fingerprint density at radius 2 is 2.00 bits per heavy atom. The Morgan fingerprint density at radius 1 is 1.21 bits per heavy atom. The first kappa shape index (κ1) is 30.7. The number of alkyl halides is 3. The third kappa shape index (κ3) is 6.27. The molecule has 0 aliphatic carbocycles. The number of hydrogen-bond donors (Lipinski definition) is 2. The molecule has 0 amide bonds. The van der Waals surface area contributed by atoms with Crippen LogP contribution in [-0.4, -0.2) is 79.6 Å². The Bertz CT molecular complexity index is 1550. The number of aliphatic hydroxyl groups excluding tert-OH is 1. The summed E-state index contributed by atoms with van der Waals surface area (Å²) >= 11 is 0.941. The Hall–Kier alpha value is -2.78. The second-order valence-corrected chi connectivity index (χ2v) is 13.7.